The zero-order chi connectivity index (χ0) is 16.9. The predicted octanol–water partition coefficient (Wildman–Crippen LogP) is 2.83. The number of rotatable bonds is 6. The summed E-state index contributed by atoms with van der Waals surface area (Å²) in [6, 6.07) is 5.46. The highest BCUT2D eigenvalue weighted by molar-refractivity contribution is 7.92. The molecule has 1 aromatic rings. The van der Waals surface area contributed by atoms with Crippen LogP contribution in [0.25, 0.3) is 0 Å². The molecule has 1 atom stereocenters. The van der Waals surface area contributed by atoms with E-state index in [0.29, 0.717) is 18.0 Å². The highest BCUT2D eigenvalue weighted by atomic mass is 32.2. The largest absolute Gasteiger partial charge is 0.355 e. The van der Waals surface area contributed by atoms with Crippen LogP contribution >= 0.6 is 0 Å². The predicted molar refractivity (Wildman–Crippen MR) is 88.1 cm³/mol. The summed E-state index contributed by atoms with van der Waals surface area (Å²) >= 11 is 0. The summed E-state index contributed by atoms with van der Waals surface area (Å²) in [6.07, 6.45) is 5.76. The van der Waals surface area contributed by atoms with Crippen molar-refractivity contribution in [2.24, 2.45) is 5.92 Å². The Morgan fingerprint density at radius 3 is 2.65 bits per heavy atom. The maximum absolute atomic E-state index is 13.2. The Morgan fingerprint density at radius 2 is 2.00 bits per heavy atom. The van der Waals surface area contributed by atoms with E-state index >= 15 is 0 Å². The van der Waals surface area contributed by atoms with Gasteiger partial charge in [-0.05, 0) is 43.4 Å². The second kappa shape index (κ2) is 7.90. The van der Waals surface area contributed by atoms with Crippen LogP contribution in [0.15, 0.2) is 24.3 Å². The van der Waals surface area contributed by atoms with Crippen LogP contribution < -0.4 is 5.32 Å². The Bertz CT molecular complexity index is 639. The molecule has 128 valence electrons. The molecule has 1 fully saturated rings. The minimum Gasteiger partial charge on any atom is -0.355 e. The normalized spacial score (nSPS) is 17.7. The van der Waals surface area contributed by atoms with Crippen molar-refractivity contribution in [3.8, 4) is 0 Å². The van der Waals surface area contributed by atoms with Crippen LogP contribution in [0.2, 0.25) is 0 Å². The van der Waals surface area contributed by atoms with Crippen LogP contribution in [0.1, 0.15) is 44.6 Å². The Kier molecular flexibility index (Phi) is 6.16. The number of hydrogen-bond acceptors (Lipinski definition) is 3. The fraction of sp³-hybridized carbons (Fsp3) is 0.588. The zero-order valence-electron chi connectivity index (χ0n) is 13.4. The average Bonchev–Trinajstić information content (AvgIpc) is 2.52. The third-order valence-corrected chi connectivity index (χ3v) is 6.48. The lowest BCUT2D eigenvalue weighted by molar-refractivity contribution is -0.120. The van der Waals surface area contributed by atoms with Gasteiger partial charge in [-0.1, -0.05) is 31.4 Å². The standard InChI is InChI=1S/C17H24FNO3S/c1-13(17(20)19-11-14-6-3-2-4-7-14)23(21,22)12-15-8-5-9-16(18)10-15/h5,8-10,13-14H,2-4,6-7,11-12H2,1H3,(H,19,20)/t13-/m0/s1. The molecule has 2 rings (SSSR count). The van der Waals surface area contributed by atoms with Gasteiger partial charge in [-0.15, -0.1) is 0 Å². The molecule has 1 N–H and O–H groups in total. The molecule has 1 saturated carbocycles. The average molecular weight is 341 g/mol. The highest BCUT2D eigenvalue weighted by Crippen LogP contribution is 2.23. The first-order valence-electron chi connectivity index (χ1n) is 8.12. The van der Waals surface area contributed by atoms with Crippen LogP contribution in [-0.4, -0.2) is 26.1 Å². The van der Waals surface area contributed by atoms with Gasteiger partial charge in [-0.2, -0.15) is 0 Å². The van der Waals surface area contributed by atoms with Crippen LogP contribution in [0.5, 0.6) is 0 Å². The van der Waals surface area contributed by atoms with E-state index in [2.05, 4.69) is 5.32 Å². The van der Waals surface area contributed by atoms with Gasteiger partial charge in [0.15, 0.2) is 9.84 Å². The van der Waals surface area contributed by atoms with Gasteiger partial charge >= 0.3 is 0 Å². The lowest BCUT2D eigenvalue weighted by atomic mass is 9.89. The van der Waals surface area contributed by atoms with Crippen molar-refractivity contribution in [3.63, 3.8) is 0 Å². The molecule has 23 heavy (non-hydrogen) atoms. The molecular formula is C17H24FNO3S. The van der Waals surface area contributed by atoms with E-state index in [1.807, 2.05) is 0 Å². The summed E-state index contributed by atoms with van der Waals surface area (Å²) in [4.78, 5) is 12.1. The molecule has 1 amide bonds. The van der Waals surface area contributed by atoms with Crippen molar-refractivity contribution < 1.29 is 17.6 Å². The first kappa shape index (κ1) is 17.9. The van der Waals surface area contributed by atoms with Gasteiger partial charge in [0, 0.05) is 6.54 Å². The molecule has 0 aliphatic heterocycles. The number of carbonyl (C=O) groups excluding carboxylic acids is 1. The van der Waals surface area contributed by atoms with Crippen LogP contribution in [0, 0.1) is 11.7 Å². The number of nitrogens with one attached hydrogen (secondary N) is 1. The Morgan fingerprint density at radius 1 is 1.30 bits per heavy atom. The molecule has 6 heteroatoms. The molecule has 0 radical (unpaired) electrons. The molecule has 4 nitrogen and oxygen atoms in total. The molecule has 0 aromatic heterocycles. The van der Waals surface area contributed by atoms with Gasteiger partial charge in [0.1, 0.15) is 11.1 Å². The fourth-order valence-corrected chi connectivity index (χ4v) is 4.23. The third kappa shape index (κ3) is 5.30. The van der Waals surface area contributed by atoms with Crippen molar-refractivity contribution in [3.05, 3.63) is 35.6 Å². The van der Waals surface area contributed by atoms with Crippen molar-refractivity contribution in [1.82, 2.24) is 5.32 Å². The van der Waals surface area contributed by atoms with Gasteiger partial charge in [0.05, 0.1) is 5.75 Å². The van der Waals surface area contributed by atoms with Crippen molar-refractivity contribution in [2.75, 3.05) is 6.54 Å². The second-order valence-corrected chi connectivity index (χ2v) is 8.65. The highest BCUT2D eigenvalue weighted by Gasteiger charge is 2.28. The van der Waals surface area contributed by atoms with E-state index in [-0.39, 0.29) is 5.75 Å². The van der Waals surface area contributed by atoms with Crippen molar-refractivity contribution in [2.45, 2.75) is 50.0 Å². The molecule has 0 spiro atoms. The molecule has 1 aliphatic rings. The van der Waals surface area contributed by atoms with Gasteiger partial charge in [0.25, 0.3) is 0 Å². The van der Waals surface area contributed by atoms with E-state index in [4.69, 9.17) is 0 Å². The molecule has 1 aliphatic carbocycles. The lowest BCUT2D eigenvalue weighted by Gasteiger charge is -2.22. The Balaban J connectivity index is 1.91. The number of sulfone groups is 1. The van der Waals surface area contributed by atoms with E-state index in [1.165, 1.54) is 44.4 Å². The zero-order valence-corrected chi connectivity index (χ0v) is 14.2. The van der Waals surface area contributed by atoms with Gasteiger partial charge in [0.2, 0.25) is 5.91 Å². The maximum atomic E-state index is 13.2. The monoisotopic (exact) mass is 341 g/mol. The Labute approximate surface area is 137 Å². The van der Waals surface area contributed by atoms with Gasteiger partial charge < -0.3 is 5.32 Å². The quantitative estimate of drug-likeness (QED) is 0.865. The SMILES string of the molecule is C[C@@H](C(=O)NCC1CCCCC1)S(=O)(=O)Cc1cccc(F)c1. The maximum Gasteiger partial charge on any atom is 0.238 e. The first-order valence-corrected chi connectivity index (χ1v) is 9.84. The lowest BCUT2D eigenvalue weighted by Crippen LogP contribution is -2.40. The number of benzene rings is 1. The summed E-state index contributed by atoms with van der Waals surface area (Å²) in [5.74, 6) is -0.826. The van der Waals surface area contributed by atoms with Crippen LogP contribution in [-0.2, 0) is 20.4 Å². The molecule has 0 heterocycles. The van der Waals surface area contributed by atoms with Crippen LogP contribution in [0.4, 0.5) is 4.39 Å². The number of hydrogen-bond donors (Lipinski definition) is 1. The van der Waals surface area contributed by atoms with Gasteiger partial charge in [-0.25, -0.2) is 12.8 Å². The van der Waals surface area contributed by atoms with Crippen molar-refractivity contribution >= 4 is 15.7 Å². The van der Waals surface area contributed by atoms with E-state index in [1.54, 1.807) is 6.07 Å². The minimum absolute atomic E-state index is 0.331. The van der Waals surface area contributed by atoms with Gasteiger partial charge in [-0.3, -0.25) is 4.79 Å². The number of halogens is 1. The summed E-state index contributed by atoms with van der Waals surface area (Å²) < 4.78 is 37.8. The summed E-state index contributed by atoms with van der Waals surface area (Å²) in [7, 11) is -3.66. The number of amides is 1. The van der Waals surface area contributed by atoms with Crippen molar-refractivity contribution in [1.29, 1.82) is 0 Å². The van der Waals surface area contributed by atoms with E-state index in [9.17, 15) is 17.6 Å². The summed E-state index contributed by atoms with van der Waals surface area (Å²) in [6.45, 7) is 1.93. The van der Waals surface area contributed by atoms with E-state index < -0.39 is 26.8 Å². The summed E-state index contributed by atoms with van der Waals surface area (Å²) in [5.41, 5.74) is 0.358. The molecule has 1 aromatic carbocycles. The molecule has 0 saturated heterocycles. The number of carbonyl (C=O) groups is 1. The molecule has 0 unspecified atom stereocenters. The molecule has 0 bridgehead atoms. The summed E-state index contributed by atoms with van der Waals surface area (Å²) in [5, 5.41) is 1.63. The first-order chi connectivity index (χ1) is 10.9. The van der Waals surface area contributed by atoms with E-state index in [0.717, 1.165) is 12.8 Å². The second-order valence-electron chi connectivity index (χ2n) is 6.33. The third-order valence-electron chi connectivity index (χ3n) is 4.45. The minimum atomic E-state index is -3.66. The topological polar surface area (TPSA) is 63.2 Å². The smallest absolute Gasteiger partial charge is 0.238 e. The Hall–Kier alpha value is -1.43. The fourth-order valence-electron chi connectivity index (χ4n) is 2.93. The van der Waals surface area contributed by atoms with Crippen LogP contribution in [0.3, 0.4) is 0 Å². The molecular weight excluding hydrogens is 317 g/mol.